The van der Waals surface area contributed by atoms with Crippen LogP contribution >= 0.6 is 0 Å². The lowest BCUT2D eigenvalue weighted by Gasteiger charge is -2.08. The lowest BCUT2D eigenvalue weighted by molar-refractivity contribution is 0.854. The molecule has 0 fully saturated rings. The fourth-order valence-corrected chi connectivity index (χ4v) is 1.17. The Hall–Kier alpha value is -1.85. The molecule has 2 aromatic heterocycles. The Morgan fingerprint density at radius 2 is 2.21 bits per heavy atom. The number of fused-ring (bicyclic) bond motifs is 1. The Kier molecular flexibility index (Phi) is 1.95. The normalized spacial score (nSPS) is 11.1. The van der Waals surface area contributed by atoms with Crippen LogP contribution in [-0.4, -0.2) is 25.6 Å². The van der Waals surface area contributed by atoms with Gasteiger partial charge in [0.15, 0.2) is 5.65 Å². The summed E-state index contributed by atoms with van der Waals surface area (Å²) in [5.74, 6) is 0.869. The largest absolute Gasteiger partial charge is 0.368 e. The number of aromatic nitrogens is 4. The monoisotopic (exact) mass is 192 g/mol. The summed E-state index contributed by atoms with van der Waals surface area (Å²) in [7, 11) is 0. The van der Waals surface area contributed by atoms with Gasteiger partial charge in [0.1, 0.15) is 0 Å². The molecule has 0 spiro atoms. The highest BCUT2D eigenvalue weighted by Crippen LogP contribution is 2.08. The van der Waals surface area contributed by atoms with Crippen molar-refractivity contribution in [3.8, 4) is 0 Å². The van der Waals surface area contributed by atoms with Crippen molar-refractivity contribution < 1.29 is 0 Å². The zero-order chi connectivity index (χ0) is 10.1. The van der Waals surface area contributed by atoms with Gasteiger partial charge in [-0.25, -0.2) is 0 Å². The van der Waals surface area contributed by atoms with Crippen LogP contribution in [0.5, 0.6) is 0 Å². The quantitative estimate of drug-likeness (QED) is 0.725. The van der Waals surface area contributed by atoms with Crippen molar-refractivity contribution in [2.24, 2.45) is 0 Å². The van der Waals surface area contributed by atoms with E-state index in [2.05, 4.69) is 20.4 Å². The van der Waals surface area contributed by atoms with Crippen LogP contribution in [0.3, 0.4) is 0 Å². The molecule has 6 heteroatoms. The average Bonchev–Trinajstić information content (AvgIpc) is 2.50. The van der Waals surface area contributed by atoms with Gasteiger partial charge in [-0.2, -0.15) is 19.6 Å². The average molecular weight is 192 g/mol. The van der Waals surface area contributed by atoms with Gasteiger partial charge in [-0.1, -0.05) is 0 Å². The molecule has 0 aliphatic heterocycles. The van der Waals surface area contributed by atoms with Crippen molar-refractivity contribution >= 4 is 17.5 Å². The molecular weight excluding hydrogens is 180 g/mol. The van der Waals surface area contributed by atoms with Crippen LogP contribution in [0.15, 0.2) is 12.3 Å². The molecule has 14 heavy (non-hydrogen) atoms. The maximum Gasteiger partial charge on any atom is 0.228 e. The Bertz CT molecular complexity index is 446. The van der Waals surface area contributed by atoms with Crippen molar-refractivity contribution in [2.75, 3.05) is 11.1 Å². The highest BCUT2D eigenvalue weighted by molar-refractivity contribution is 5.47. The Balaban J connectivity index is 2.47. The minimum absolute atomic E-state index is 0.278. The molecule has 0 aliphatic rings. The van der Waals surface area contributed by atoms with Crippen LogP contribution in [0.25, 0.3) is 5.65 Å². The van der Waals surface area contributed by atoms with Crippen molar-refractivity contribution in [2.45, 2.75) is 19.9 Å². The van der Waals surface area contributed by atoms with Crippen molar-refractivity contribution in [1.82, 2.24) is 19.6 Å². The first-order valence-corrected chi connectivity index (χ1v) is 4.40. The highest BCUT2D eigenvalue weighted by atomic mass is 15.3. The van der Waals surface area contributed by atoms with Gasteiger partial charge in [-0.05, 0) is 13.8 Å². The Morgan fingerprint density at radius 1 is 1.43 bits per heavy atom. The summed E-state index contributed by atoms with van der Waals surface area (Å²) in [6.45, 7) is 4.03. The van der Waals surface area contributed by atoms with E-state index in [4.69, 9.17) is 5.73 Å². The summed E-state index contributed by atoms with van der Waals surface area (Å²) < 4.78 is 1.49. The molecule has 0 aromatic carbocycles. The maximum absolute atomic E-state index is 5.69. The minimum atomic E-state index is 0.278. The van der Waals surface area contributed by atoms with Crippen LogP contribution in [0.1, 0.15) is 13.8 Å². The summed E-state index contributed by atoms with van der Waals surface area (Å²) in [4.78, 5) is 8.30. The molecule has 0 saturated carbocycles. The summed E-state index contributed by atoms with van der Waals surface area (Å²) in [5.41, 5.74) is 6.38. The second-order valence-corrected chi connectivity index (χ2v) is 3.31. The number of nitrogens with one attached hydrogen (secondary N) is 1. The van der Waals surface area contributed by atoms with Gasteiger partial charge in [0, 0.05) is 12.1 Å². The lowest BCUT2D eigenvalue weighted by Crippen LogP contribution is -2.15. The van der Waals surface area contributed by atoms with Gasteiger partial charge in [0.2, 0.25) is 11.9 Å². The molecule has 0 bridgehead atoms. The molecule has 2 rings (SSSR count). The molecule has 0 amide bonds. The lowest BCUT2D eigenvalue weighted by atomic mass is 10.4. The predicted octanol–water partition coefficient (Wildman–Crippen LogP) is 0.527. The molecule has 6 nitrogen and oxygen atoms in total. The molecule has 0 aliphatic carbocycles. The number of anilines is 2. The molecule has 3 N–H and O–H groups in total. The van der Waals surface area contributed by atoms with E-state index in [1.54, 1.807) is 12.3 Å². The summed E-state index contributed by atoms with van der Waals surface area (Å²) in [5, 5.41) is 7.06. The molecule has 0 atom stereocenters. The van der Waals surface area contributed by atoms with E-state index >= 15 is 0 Å². The van der Waals surface area contributed by atoms with Gasteiger partial charge >= 0.3 is 0 Å². The van der Waals surface area contributed by atoms with Crippen molar-refractivity contribution in [3.05, 3.63) is 12.3 Å². The molecule has 2 aromatic rings. The van der Waals surface area contributed by atoms with Gasteiger partial charge in [0.25, 0.3) is 0 Å². The maximum atomic E-state index is 5.69. The first-order valence-electron chi connectivity index (χ1n) is 4.40. The summed E-state index contributed by atoms with van der Waals surface area (Å²) in [6.07, 6.45) is 1.64. The minimum Gasteiger partial charge on any atom is -0.368 e. The molecule has 0 unspecified atom stereocenters. The number of hydrogen-bond donors (Lipinski definition) is 2. The zero-order valence-corrected chi connectivity index (χ0v) is 8.10. The van der Waals surface area contributed by atoms with Crippen LogP contribution in [-0.2, 0) is 0 Å². The summed E-state index contributed by atoms with van der Waals surface area (Å²) >= 11 is 0. The third-order valence-corrected chi connectivity index (χ3v) is 1.70. The molecule has 2 heterocycles. The molecular formula is C8H12N6. The molecule has 0 saturated heterocycles. The van der Waals surface area contributed by atoms with E-state index in [1.807, 2.05) is 13.8 Å². The fraction of sp³-hybridized carbons (Fsp3) is 0.375. The van der Waals surface area contributed by atoms with Crippen LogP contribution < -0.4 is 11.1 Å². The standard InChI is InChI=1S/C8H12N6/c1-5(2)11-8-12-6-3-4-10-14(6)7(9)13-8/h3-5H,1-2H3,(H3,9,11,12,13). The van der Waals surface area contributed by atoms with E-state index < -0.39 is 0 Å². The van der Waals surface area contributed by atoms with Crippen molar-refractivity contribution in [3.63, 3.8) is 0 Å². The predicted molar refractivity (Wildman–Crippen MR) is 54.0 cm³/mol. The number of rotatable bonds is 2. The van der Waals surface area contributed by atoms with E-state index in [-0.39, 0.29) is 6.04 Å². The van der Waals surface area contributed by atoms with Crippen LogP contribution in [0.2, 0.25) is 0 Å². The van der Waals surface area contributed by atoms with Gasteiger partial charge in [-0.15, -0.1) is 0 Å². The zero-order valence-electron chi connectivity index (χ0n) is 8.10. The Labute approximate surface area is 81.2 Å². The first-order chi connectivity index (χ1) is 6.66. The van der Waals surface area contributed by atoms with Gasteiger partial charge in [-0.3, -0.25) is 0 Å². The molecule has 0 radical (unpaired) electrons. The highest BCUT2D eigenvalue weighted by Gasteiger charge is 2.05. The van der Waals surface area contributed by atoms with E-state index in [0.29, 0.717) is 17.5 Å². The van der Waals surface area contributed by atoms with E-state index in [9.17, 15) is 0 Å². The van der Waals surface area contributed by atoms with Gasteiger partial charge in [0.05, 0.1) is 6.20 Å². The van der Waals surface area contributed by atoms with E-state index in [0.717, 1.165) is 0 Å². The number of hydrogen-bond acceptors (Lipinski definition) is 5. The summed E-state index contributed by atoms with van der Waals surface area (Å²) in [6, 6.07) is 2.06. The fourth-order valence-electron chi connectivity index (χ4n) is 1.17. The Morgan fingerprint density at radius 3 is 2.93 bits per heavy atom. The van der Waals surface area contributed by atoms with Crippen LogP contribution in [0.4, 0.5) is 11.9 Å². The SMILES string of the molecule is CC(C)Nc1nc(N)n2nccc2n1. The number of nitrogen functional groups attached to an aromatic ring is 1. The third-order valence-electron chi connectivity index (χ3n) is 1.70. The van der Waals surface area contributed by atoms with Crippen LogP contribution in [0, 0.1) is 0 Å². The second-order valence-electron chi connectivity index (χ2n) is 3.31. The van der Waals surface area contributed by atoms with Gasteiger partial charge < -0.3 is 11.1 Å². The number of nitrogens with two attached hydrogens (primary N) is 1. The number of nitrogens with zero attached hydrogens (tertiary/aromatic N) is 4. The second kappa shape index (κ2) is 3.13. The van der Waals surface area contributed by atoms with E-state index in [1.165, 1.54) is 4.52 Å². The third kappa shape index (κ3) is 1.46. The first kappa shape index (κ1) is 8.74. The molecule has 74 valence electrons. The topological polar surface area (TPSA) is 81.1 Å². The van der Waals surface area contributed by atoms with Crippen molar-refractivity contribution in [1.29, 1.82) is 0 Å². The smallest absolute Gasteiger partial charge is 0.228 e.